The van der Waals surface area contributed by atoms with Gasteiger partial charge in [0.2, 0.25) is 0 Å². The van der Waals surface area contributed by atoms with E-state index in [0.717, 1.165) is 9.47 Å². The fraction of sp³-hybridized carbons (Fsp3) is 0.409. The highest BCUT2D eigenvalue weighted by molar-refractivity contribution is 5.95. The number of aryl methyl sites for hydroxylation is 1. The van der Waals surface area contributed by atoms with Crippen molar-refractivity contribution in [1.29, 1.82) is 0 Å². The summed E-state index contributed by atoms with van der Waals surface area (Å²) in [5.74, 6) is -2.02. The molecular formula is C22H25N3O7. The first-order valence-corrected chi connectivity index (χ1v) is 10.1. The van der Waals surface area contributed by atoms with E-state index in [1.54, 1.807) is 39.0 Å². The zero-order valence-corrected chi connectivity index (χ0v) is 18.3. The molecule has 32 heavy (non-hydrogen) atoms. The Morgan fingerprint density at radius 3 is 2.28 bits per heavy atom. The minimum absolute atomic E-state index is 0.0777. The summed E-state index contributed by atoms with van der Waals surface area (Å²) in [6.45, 7) is 6.32. The van der Waals surface area contributed by atoms with Crippen LogP contribution in [-0.2, 0) is 9.53 Å². The maximum atomic E-state index is 13.1. The summed E-state index contributed by atoms with van der Waals surface area (Å²) in [5, 5.41) is 9.61. The Kier molecular flexibility index (Phi) is 6.07. The van der Waals surface area contributed by atoms with Gasteiger partial charge in [-0.05, 0) is 39.8 Å². The Balaban J connectivity index is 2.03. The summed E-state index contributed by atoms with van der Waals surface area (Å²) in [6.07, 6.45) is 0.402. The number of aliphatic carboxylic acids is 1. The first kappa shape index (κ1) is 23.0. The van der Waals surface area contributed by atoms with Gasteiger partial charge in [0.25, 0.3) is 11.5 Å². The third-order valence-corrected chi connectivity index (χ3v) is 5.09. The van der Waals surface area contributed by atoms with Crippen molar-refractivity contribution in [1.82, 2.24) is 14.0 Å². The van der Waals surface area contributed by atoms with Crippen molar-refractivity contribution >= 4 is 18.0 Å². The standard InChI is InChI=1S/C22H25N3O7/c1-13-11-23(20(30)25(17(13)26)18(27)14-8-6-5-7-9-14)15-10-16(19(28)29)24(12-15)21(31)32-22(2,3)4/h5-9,11,15-16H,10,12H2,1-4H3,(H,28,29)/t15-,16+/m1/s1. The summed E-state index contributed by atoms with van der Waals surface area (Å²) in [6, 6.07) is 5.92. The lowest BCUT2D eigenvalue weighted by Crippen LogP contribution is -2.46. The van der Waals surface area contributed by atoms with Crippen LogP contribution in [0.25, 0.3) is 0 Å². The minimum Gasteiger partial charge on any atom is -0.480 e. The highest BCUT2D eigenvalue weighted by Crippen LogP contribution is 2.28. The number of rotatable bonds is 3. The number of nitrogens with zero attached hydrogens (tertiary/aromatic N) is 3. The number of carbonyl (C=O) groups excluding carboxylic acids is 2. The first-order chi connectivity index (χ1) is 14.9. The second kappa shape index (κ2) is 8.45. The molecule has 1 aliphatic heterocycles. The number of carboxylic acids is 1. The second-order valence-corrected chi connectivity index (χ2v) is 8.69. The number of likely N-dealkylation sites (tertiary alicyclic amines) is 1. The van der Waals surface area contributed by atoms with E-state index in [1.807, 2.05) is 0 Å². The lowest BCUT2D eigenvalue weighted by Gasteiger charge is -2.26. The zero-order chi connectivity index (χ0) is 23.8. The molecule has 170 valence electrons. The Bertz CT molecular complexity index is 1170. The molecule has 10 nitrogen and oxygen atoms in total. The van der Waals surface area contributed by atoms with Crippen LogP contribution in [0.15, 0.2) is 46.1 Å². The second-order valence-electron chi connectivity index (χ2n) is 8.69. The van der Waals surface area contributed by atoms with Crippen LogP contribution < -0.4 is 11.2 Å². The Labute approximate surface area is 183 Å². The van der Waals surface area contributed by atoms with Crippen LogP contribution in [0.5, 0.6) is 0 Å². The summed E-state index contributed by atoms with van der Waals surface area (Å²) in [7, 11) is 0. The molecule has 0 saturated carbocycles. The van der Waals surface area contributed by atoms with E-state index in [2.05, 4.69) is 0 Å². The van der Waals surface area contributed by atoms with Gasteiger partial charge >= 0.3 is 17.8 Å². The number of amides is 1. The minimum atomic E-state index is -1.24. The molecule has 1 aromatic carbocycles. The van der Waals surface area contributed by atoms with Gasteiger partial charge < -0.3 is 9.84 Å². The van der Waals surface area contributed by atoms with Crippen molar-refractivity contribution in [3.8, 4) is 0 Å². The van der Waals surface area contributed by atoms with E-state index in [9.17, 15) is 29.1 Å². The summed E-state index contributed by atoms with van der Waals surface area (Å²) in [4.78, 5) is 64.0. The molecule has 2 heterocycles. The van der Waals surface area contributed by atoms with E-state index < -0.39 is 46.9 Å². The number of benzene rings is 1. The van der Waals surface area contributed by atoms with Crippen LogP contribution in [0.3, 0.4) is 0 Å². The number of carbonyl (C=O) groups is 3. The molecule has 0 radical (unpaired) electrons. The van der Waals surface area contributed by atoms with E-state index in [-0.39, 0.29) is 24.1 Å². The molecule has 0 aliphatic carbocycles. The van der Waals surface area contributed by atoms with E-state index in [0.29, 0.717) is 4.57 Å². The number of carboxylic acid groups (broad SMARTS) is 1. The van der Waals surface area contributed by atoms with Crippen LogP contribution in [0, 0.1) is 6.92 Å². The van der Waals surface area contributed by atoms with Gasteiger partial charge in [0.1, 0.15) is 11.6 Å². The molecule has 1 saturated heterocycles. The lowest BCUT2D eigenvalue weighted by atomic mass is 10.1. The van der Waals surface area contributed by atoms with Gasteiger partial charge in [-0.25, -0.2) is 14.4 Å². The Morgan fingerprint density at radius 1 is 1.09 bits per heavy atom. The van der Waals surface area contributed by atoms with Crippen molar-refractivity contribution in [3.63, 3.8) is 0 Å². The van der Waals surface area contributed by atoms with Crippen molar-refractivity contribution in [2.75, 3.05) is 6.54 Å². The topological polar surface area (TPSA) is 128 Å². The molecular weight excluding hydrogens is 418 g/mol. The molecule has 0 spiro atoms. The first-order valence-electron chi connectivity index (χ1n) is 10.1. The number of hydrogen-bond donors (Lipinski definition) is 1. The fourth-order valence-electron chi connectivity index (χ4n) is 3.62. The fourth-order valence-corrected chi connectivity index (χ4v) is 3.62. The molecule has 1 N–H and O–H groups in total. The third kappa shape index (κ3) is 4.48. The third-order valence-electron chi connectivity index (χ3n) is 5.09. The van der Waals surface area contributed by atoms with Crippen LogP contribution >= 0.6 is 0 Å². The molecule has 2 atom stereocenters. The van der Waals surface area contributed by atoms with Crippen molar-refractivity contribution < 1.29 is 24.2 Å². The van der Waals surface area contributed by atoms with Crippen LogP contribution in [0.2, 0.25) is 0 Å². The number of hydrogen-bond acceptors (Lipinski definition) is 6. The van der Waals surface area contributed by atoms with E-state index in [4.69, 9.17) is 4.74 Å². The average Bonchev–Trinajstić information content (AvgIpc) is 3.16. The monoisotopic (exact) mass is 443 g/mol. The smallest absolute Gasteiger partial charge is 0.411 e. The Morgan fingerprint density at radius 2 is 1.72 bits per heavy atom. The van der Waals surface area contributed by atoms with Gasteiger partial charge in [0.15, 0.2) is 0 Å². The predicted molar refractivity (Wildman–Crippen MR) is 114 cm³/mol. The molecule has 1 amide bonds. The molecule has 1 aliphatic rings. The predicted octanol–water partition coefficient (Wildman–Crippen LogP) is 1.64. The van der Waals surface area contributed by atoms with Crippen molar-refractivity contribution in [2.24, 2.45) is 0 Å². The molecule has 1 aromatic heterocycles. The average molecular weight is 443 g/mol. The van der Waals surface area contributed by atoms with Gasteiger partial charge in [-0.3, -0.25) is 19.1 Å². The number of aromatic nitrogens is 2. The normalized spacial score (nSPS) is 18.4. The van der Waals surface area contributed by atoms with Gasteiger partial charge in [0.05, 0.1) is 6.04 Å². The Hall–Kier alpha value is -3.69. The zero-order valence-electron chi connectivity index (χ0n) is 18.3. The largest absolute Gasteiger partial charge is 0.480 e. The van der Waals surface area contributed by atoms with Crippen LogP contribution in [0.1, 0.15) is 49.2 Å². The molecule has 3 rings (SSSR count). The van der Waals surface area contributed by atoms with Gasteiger partial charge in [-0.1, -0.05) is 18.2 Å². The quantitative estimate of drug-likeness (QED) is 0.764. The molecule has 1 fully saturated rings. The highest BCUT2D eigenvalue weighted by Gasteiger charge is 2.43. The number of ether oxygens (including phenoxy) is 1. The molecule has 0 unspecified atom stereocenters. The van der Waals surface area contributed by atoms with Crippen molar-refractivity contribution in [3.05, 3.63) is 68.5 Å². The maximum Gasteiger partial charge on any atom is 0.411 e. The van der Waals surface area contributed by atoms with Gasteiger partial charge in [0, 0.05) is 30.3 Å². The molecule has 10 heteroatoms. The maximum absolute atomic E-state index is 13.1. The molecule has 2 aromatic rings. The summed E-state index contributed by atoms with van der Waals surface area (Å²) in [5.41, 5.74) is -2.18. The summed E-state index contributed by atoms with van der Waals surface area (Å²) >= 11 is 0. The van der Waals surface area contributed by atoms with Crippen LogP contribution in [-0.4, -0.2) is 55.3 Å². The SMILES string of the molecule is Cc1cn([C@@H]2C[C@@H](C(=O)O)N(C(=O)OC(C)(C)C)C2)c(=O)n(C(=O)c2ccccc2)c1=O. The highest BCUT2D eigenvalue weighted by atomic mass is 16.6. The van der Waals surface area contributed by atoms with Gasteiger partial charge in [-0.15, -0.1) is 0 Å². The van der Waals surface area contributed by atoms with Gasteiger partial charge in [-0.2, -0.15) is 4.57 Å². The summed E-state index contributed by atoms with van der Waals surface area (Å²) < 4.78 is 7.00. The van der Waals surface area contributed by atoms with Crippen molar-refractivity contribution in [2.45, 2.75) is 51.8 Å². The lowest BCUT2D eigenvalue weighted by molar-refractivity contribution is -0.142. The van der Waals surface area contributed by atoms with Crippen LogP contribution in [0.4, 0.5) is 4.79 Å². The molecule has 0 bridgehead atoms. The van der Waals surface area contributed by atoms with E-state index in [1.165, 1.54) is 25.3 Å². The van der Waals surface area contributed by atoms with E-state index >= 15 is 0 Å².